The summed E-state index contributed by atoms with van der Waals surface area (Å²) in [6.45, 7) is 15.6. The van der Waals surface area contributed by atoms with Crippen LogP contribution >= 0.6 is 0 Å². The molecule has 0 heterocycles. The molecule has 0 amide bonds. The molecule has 0 aliphatic heterocycles. The van der Waals surface area contributed by atoms with Crippen molar-refractivity contribution < 1.29 is 14.3 Å². The number of phenolic OH excluding ortho intramolecular Hbond substituents is 2. The van der Waals surface area contributed by atoms with Crippen molar-refractivity contribution >= 4 is 23.7 Å². The van der Waals surface area contributed by atoms with Gasteiger partial charge >= 0.3 is 0 Å². The fourth-order valence-corrected chi connectivity index (χ4v) is 21.1. The number of rotatable bonds is 8. The molecule has 2 N–H and O–H groups in total. The molecule has 0 saturated carbocycles. The van der Waals surface area contributed by atoms with Crippen LogP contribution in [0.15, 0.2) is 59.3 Å². The molecule has 2 aromatic carbocycles. The third-order valence-electron chi connectivity index (χ3n) is 6.75. The van der Waals surface area contributed by atoms with E-state index in [4.69, 9.17) is 10.5 Å². The second-order valence-electron chi connectivity index (χ2n) is 10.5. The summed E-state index contributed by atoms with van der Waals surface area (Å²) in [6, 6.07) is 15.5. The number of phenols is 2. The molecule has 0 aliphatic rings. The first-order valence-electron chi connectivity index (χ1n) is 12.3. The van der Waals surface area contributed by atoms with Gasteiger partial charge in [-0.3, -0.25) is 0 Å². The molecule has 6 heteroatoms. The van der Waals surface area contributed by atoms with Gasteiger partial charge in [0.2, 0.25) is 0 Å². The molecule has 0 atom stereocenters. The Morgan fingerprint density at radius 3 is 2.08 bits per heavy atom. The van der Waals surface area contributed by atoms with Crippen molar-refractivity contribution in [3.63, 3.8) is 0 Å². The van der Waals surface area contributed by atoms with Crippen molar-refractivity contribution in [3.8, 4) is 47.5 Å². The summed E-state index contributed by atoms with van der Waals surface area (Å²) >= 11 is 0. The molecule has 0 aliphatic carbocycles. The molecular formula is C30H38O3Si3. The van der Waals surface area contributed by atoms with Crippen molar-refractivity contribution in [1.82, 2.24) is 0 Å². The summed E-state index contributed by atoms with van der Waals surface area (Å²) in [6.07, 6.45) is 7.76. The number of benzene rings is 2. The van der Waals surface area contributed by atoms with Crippen LogP contribution in [-0.4, -0.2) is 34.0 Å². The van der Waals surface area contributed by atoms with Gasteiger partial charge in [0.25, 0.3) is 0 Å². The van der Waals surface area contributed by atoms with E-state index in [-0.39, 0.29) is 5.75 Å². The van der Waals surface area contributed by atoms with Crippen LogP contribution in [-0.2, 0) is 10.5 Å². The Kier molecular flexibility index (Phi) is 10.1. The first-order valence-corrected chi connectivity index (χ1v) is 22.3. The molecule has 0 fully saturated rings. The first kappa shape index (κ1) is 29.3. The molecule has 0 bridgehead atoms. The first-order chi connectivity index (χ1) is 16.8. The molecule has 0 aromatic heterocycles. The predicted octanol–water partition coefficient (Wildman–Crippen LogP) is 6.79. The molecule has 0 radical (unpaired) electrons. The van der Waals surface area contributed by atoms with Gasteiger partial charge in [0.05, 0.1) is 11.1 Å². The number of allylic oxidation sites excluding steroid dienone is 2. The van der Waals surface area contributed by atoms with Gasteiger partial charge in [-0.1, -0.05) is 67.1 Å². The lowest BCUT2D eigenvalue weighted by atomic mass is 10.1. The van der Waals surface area contributed by atoms with E-state index in [1.807, 2.05) is 31.2 Å². The average Bonchev–Trinajstić information content (AvgIpc) is 2.80. The molecule has 0 spiro atoms. The van der Waals surface area contributed by atoms with Crippen LogP contribution in [0.25, 0.3) is 0 Å². The maximum atomic E-state index is 10.1. The zero-order valence-electron chi connectivity index (χ0n) is 22.6. The van der Waals surface area contributed by atoms with Gasteiger partial charge in [0.15, 0.2) is 16.2 Å². The summed E-state index contributed by atoms with van der Waals surface area (Å²) in [7, 11) is -6.44. The zero-order chi connectivity index (χ0) is 27.0. The van der Waals surface area contributed by atoms with Gasteiger partial charge in [-0.25, -0.2) is 0 Å². The summed E-state index contributed by atoms with van der Waals surface area (Å²) < 4.78 is 7.08. The van der Waals surface area contributed by atoms with Crippen molar-refractivity contribution in [3.05, 3.63) is 70.4 Å². The lowest BCUT2D eigenvalue weighted by Crippen LogP contribution is -2.62. The van der Waals surface area contributed by atoms with E-state index in [0.29, 0.717) is 16.9 Å². The van der Waals surface area contributed by atoms with Crippen LogP contribution in [0.3, 0.4) is 0 Å². The molecule has 3 nitrogen and oxygen atoms in total. The highest BCUT2D eigenvalue weighted by molar-refractivity contribution is 7.42. The van der Waals surface area contributed by atoms with Crippen molar-refractivity contribution in [2.75, 3.05) is 0 Å². The van der Waals surface area contributed by atoms with Crippen molar-refractivity contribution in [2.24, 2.45) is 0 Å². The standard InChI is InChI=1S/C30H38O3Si3/c1-9-16-30(25(10-2)22-23-27-18-12-14-21-29(27)32)35(5,6)36(7,8)33-34(3,4)24-15-19-26-17-11-13-20-28(26)31/h2,11-14,17-18,20-21,31-32H,15,19,24H2,1,3-8H3. The van der Waals surface area contributed by atoms with Gasteiger partial charge in [-0.15, -0.1) is 12.3 Å². The lowest BCUT2D eigenvalue weighted by Gasteiger charge is -2.43. The van der Waals surface area contributed by atoms with E-state index in [1.165, 1.54) is 0 Å². The number of hydrogen-bond donors (Lipinski definition) is 2. The Bertz CT molecular complexity index is 1280. The molecule has 36 heavy (non-hydrogen) atoms. The Morgan fingerprint density at radius 2 is 1.50 bits per heavy atom. The van der Waals surface area contributed by atoms with E-state index >= 15 is 0 Å². The number of para-hydroxylation sites is 2. The summed E-state index contributed by atoms with van der Waals surface area (Å²) in [4.78, 5) is 0. The van der Waals surface area contributed by atoms with Crippen molar-refractivity contribution in [2.45, 2.75) is 65.1 Å². The number of aryl methyl sites for hydroxylation is 1. The highest BCUT2D eigenvalue weighted by atomic mass is 29.3. The molecule has 2 rings (SSSR count). The Labute approximate surface area is 220 Å². The third-order valence-corrected chi connectivity index (χ3v) is 27.9. The monoisotopic (exact) mass is 530 g/mol. The quantitative estimate of drug-likeness (QED) is 0.292. The normalized spacial score (nSPS) is 12.4. The topological polar surface area (TPSA) is 49.7 Å². The number of hydrogen-bond acceptors (Lipinski definition) is 3. The van der Waals surface area contributed by atoms with Crippen LogP contribution < -0.4 is 0 Å². The van der Waals surface area contributed by atoms with Gasteiger partial charge in [-0.2, -0.15) is 0 Å². The van der Waals surface area contributed by atoms with Gasteiger partial charge in [-0.05, 0) is 75.8 Å². The highest BCUT2D eigenvalue weighted by Gasteiger charge is 2.49. The van der Waals surface area contributed by atoms with Gasteiger partial charge < -0.3 is 14.3 Å². The van der Waals surface area contributed by atoms with Crippen LogP contribution in [0.2, 0.25) is 45.3 Å². The van der Waals surface area contributed by atoms with Crippen LogP contribution in [0, 0.1) is 36.0 Å². The molecule has 188 valence electrons. The fourth-order valence-electron chi connectivity index (χ4n) is 4.13. The largest absolute Gasteiger partial charge is 0.508 e. The minimum absolute atomic E-state index is 0.135. The van der Waals surface area contributed by atoms with Gasteiger partial charge in [0, 0.05) is 5.20 Å². The van der Waals surface area contributed by atoms with Crippen molar-refractivity contribution in [1.29, 1.82) is 0 Å². The smallest absolute Gasteiger partial charge is 0.173 e. The molecular weight excluding hydrogens is 493 g/mol. The van der Waals surface area contributed by atoms with E-state index in [2.05, 4.69) is 68.9 Å². The number of aromatic hydroxyl groups is 2. The Morgan fingerprint density at radius 1 is 0.889 bits per heavy atom. The minimum Gasteiger partial charge on any atom is -0.508 e. The zero-order valence-corrected chi connectivity index (χ0v) is 25.6. The Balaban J connectivity index is 2.32. The van der Waals surface area contributed by atoms with Crippen LogP contribution in [0.5, 0.6) is 11.5 Å². The molecule has 0 saturated heterocycles. The average molecular weight is 531 g/mol. The maximum absolute atomic E-state index is 10.1. The number of terminal acetylenes is 1. The van der Waals surface area contributed by atoms with Crippen LogP contribution in [0.4, 0.5) is 0 Å². The van der Waals surface area contributed by atoms with Gasteiger partial charge in [0.1, 0.15) is 19.1 Å². The summed E-state index contributed by atoms with van der Waals surface area (Å²) in [5, 5.41) is 21.1. The van der Waals surface area contributed by atoms with E-state index in [1.54, 1.807) is 24.3 Å². The van der Waals surface area contributed by atoms with E-state index < -0.39 is 23.7 Å². The summed E-state index contributed by atoms with van der Waals surface area (Å²) in [5.41, 5.74) is 2.12. The van der Waals surface area contributed by atoms with E-state index in [0.717, 1.165) is 29.6 Å². The minimum atomic E-state index is -2.23. The SMILES string of the molecule is C#CC(C#Cc1ccccc1O)=C(C#CC)[Si](C)(C)[Si](C)(C)O[Si](C)(C)CCCc1ccccc1O. The van der Waals surface area contributed by atoms with E-state index in [9.17, 15) is 10.2 Å². The maximum Gasteiger partial charge on any atom is 0.173 e. The lowest BCUT2D eigenvalue weighted by molar-refractivity contribution is 0.467. The second kappa shape index (κ2) is 12.3. The predicted molar refractivity (Wildman–Crippen MR) is 159 cm³/mol. The summed E-state index contributed by atoms with van der Waals surface area (Å²) in [5.74, 6) is 15.8. The molecule has 2 aromatic rings. The van der Waals surface area contributed by atoms with Crippen LogP contribution in [0.1, 0.15) is 24.5 Å². The Hall–Kier alpha value is -2.93. The highest BCUT2D eigenvalue weighted by Crippen LogP contribution is 2.33. The fraction of sp³-hybridized carbons (Fsp3) is 0.333. The molecule has 0 unspecified atom stereocenters. The second-order valence-corrected chi connectivity index (χ2v) is 29.5. The third kappa shape index (κ3) is 7.53.